The number of rotatable bonds is 3. The van der Waals surface area contributed by atoms with Crippen molar-refractivity contribution in [1.82, 2.24) is 10.2 Å². The summed E-state index contributed by atoms with van der Waals surface area (Å²) in [5.41, 5.74) is 0.574. The summed E-state index contributed by atoms with van der Waals surface area (Å²) in [6.45, 7) is 0. The minimum Gasteiger partial charge on any atom is -0.479 e. The van der Waals surface area contributed by atoms with Gasteiger partial charge in [0.15, 0.2) is 6.10 Å². The molecule has 0 fully saturated rings. The second kappa shape index (κ2) is 3.68. The maximum absolute atomic E-state index is 10.2. The predicted octanol–water partition coefficient (Wildman–Crippen LogP) is 0.160. The molecule has 0 amide bonds. The van der Waals surface area contributed by atoms with Crippen LogP contribution in [0.4, 0.5) is 0 Å². The fraction of sp³-hybridized carbons (Fsp3) is 0.333. The Bertz CT molecular complexity index is 286. The van der Waals surface area contributed by atoms with Crippen LogP contribution >= 0.6 is 15.9 Å². The number of aromatic nitrogens is 2. The molecule has 0 aliphatic carbocycles. The van der Waals surface area contributed by atoms with Crippen LogP contribution in [0.5, 0.6) is 0 Å². The summed E-state index contributed by atoms with van der Waals surface area (Å²) in [5.74, 6) is -1.24. The lowest BCUT2D eigenvalue weighted by Crippen LogP contribution is -2.22. The molecule has 1 atom stereocenters. The third-order valence-corrected chi connectivity index (χ3v) is 2.03. The Labute approximate surface area is 76.5 Å². The topological polar surface area (TPSA) is 86.2 Å². The summed E-state index contributed by atoms with van der Waals surface area (Å²) >= 11 is 3.15. The smallest absolute Gasteiger partial charge is 0.332 e. The van der Waals surface area contributed by atoms with Crippen molar-refractivity contribution in [2.24, 2.45) is 0 Å². The zero-order chi connectivity index (χ0) is 9.14. The van der Waals surface area contributed by atoms with Crippen LogP contribution in [0.1, 0.15) is 5.69 Å². The molecule has 0 radical (unpaired) electrons. The number of nitrogens with one attached hydrogen (secondary N) is 1. The van der Waals surface area contributed by atoms with Gasteiger partial charge in [-0.05, 0) is 15.9 Å². The number of hydrogen-bond acceptors (Lipinski definition) is 3. The Morgan fingerprint density at radius 2 is 2.50 bits per heavy atom. The second-order valence-corrected chi connectivity index (χ2v) is 3.11. The summed E-state index contributed by atoms with van der Waals surface area (Å²) < 4.78 is 0.669. The van der Waals surface area contributed by atoms with E-state index in [1.54, 1.807) is 0 Å². The number of nitrogens with zero attached hydrogens (tertiary/aromatic N) is 1. The lowest BCUT2D eigenvalue weighted by molar-refractivity contribution is -0.146. The third kappa shape index (κ3) is 2.05. The number of carboxylic acid groups (broad SMARTS) is 1. The molecule has 0 aliphatic rings. The van der Waals surface area contributed by atoms with Gasteiger partial charge < -0.3 is 10.2 Å². The van der Waals surface area contributed by atoms with Gasteiger partial charge >= 0.3 is 5.97 Å². The van der Waals surface area contributed by atoms with E-state index in [4.69, 9.17) is 10.2 Å². The lowest BCUT2D eigenvalue weighted by atomic mass is 10.2. The third-order valence-electron chi connectivity index (χ3n) is 1.35. The van der Waals surface area contributed by atoms with Crippen LogP contribution < -0.4 is 0 Å². The molecule has 0 bridgehead atoms. The van der Waals surface area contributed by atoms with Crippen molar-refractivity contribution in [3.8, 4) is 0 Å². The maximum Gasteiger partial charge on any atom is 0.332 e. The molecular formula is C6H7BrN2O3. The summed E-state index contributed by atoms with van der Waals surface area (Å²) in [4.78, 5) is 10.2. The quantitative estimate of drug-likeness (QED) is 0.696. The van der Waals surface area contributed by atoms with Crippen LogP contribution in [0, 0.1) is 0 Å². The van der Waals surface area contributed by atoms with E-state index >= 15 is 0 Å². The first-order chi connectivity index (χ1) is 5.61. The van der Waals surface area contributed by atoms with E-state index in [1.807, 2.05) is 0 Å². The fourth-order valence-electron chi connectivity index (χ4n) is 0.722. The highest BCUT2D eigenvalue weighted by Gasteiger charge is 2.16. The SMILES string of the molecule is O=C(O)C(O)Cc1[nH]ncc1Br. The predicted molar refractivity (Wildman–Crippen MR) is 43.6 cm³/mol. The van der Waals surface area contributed by atoms with Gasteiger partial charge in [-0.15, -0.1) is 0 Å². The van der Waals surface area contributed by atoms with Crippen molar-refractivity contribution in [2.45, 2.75) is 12.5 Å². The van der Waals surface area contributed by atoms with Crippen molar-refractivity contribution >= 4 is 21.9 Å². The molecule has 0 spiro atoms. The van der Waals surface area contributed by atoms with Crippen LogP contribution in [0.15, 0.2) is 10.7 Å². The first-order valence-electron chi connectivity index (χ1n) is 3.20. The Morgan fingerprint density at radius 1 is 1.83 bits per heavy atom. The normalized spacial score (nSPS) is 12.8. The molecule has 3 N–H and O–H groups in total. The van der Waals surface area contributed by atoms with E-state index in [2.05, 4.69) is 26.1 Å². The van der Waals surface area contributed by atoms with Gasteiger partial charge in [-0.1, -0.05) is 0 Å². The van der Waals surface area contributed by atoms with Gasteiger partial charge in [-0.2, -0.15) is 5.10 Å². The van der Waals surface area contributed by atoms with Gasteiger partial charge in [0.25, 0.3) is 0 Å². The number of aromatic amines is 1. The van der Waals surface area contributed by atoms with Gasteiger partial charge in [0.1, 0.15) is 0 Å². The number of halogens is 1. The Balaban J connectivity index is 2.64. The Kier molecular flexibility index (Phi) is 2.83. The summed E-state index contributed by atoms with van der Waals surface area (Å²) in [5, 5.41) is 23.6. The number of H-pyrrole nitrogens is 1. The van der Waals surface area contributed by atoms with E-state index < -0.39 is 12.1 Å². The van der Waals surface area contributed by atoms with Crippen molar-refractivity contribution in [3.05, 3.63) is 16.4 Å². The largest absolute Gasteiger partial charge is 0.479 e. The van der Waals surface area contributed by atoms with Crippen LogP contribution in [-0.4, -0.2) is 32.5 Å². The standard InChI is InChI=1S/C6H7BrN2O3/c7-3-2-8-9-4(3)1-5(10)6(11)12/h2,5,10H,1H2,(H,8,9)(H,11,12). The van der Waals surface area contributed by atoms with Gasteiger partial charge in [-0.25, -0.2) is 4.79 Å². The number of carbonyl (C=O) groups is 1. The molecule has 0 aromatic carbocycles. The molecule has 6 heteroatoms. The number of aliphatic hydroxyl groups excluding tert-OH is 1. The van der Waals surface area contributed by atoms with Crippen molar-refractivity contribution in [2.75, 3.05) is 0 Å². The van der Waals surface area contributed by atoms with Crippen LogP contribution in [0.2, 0.25) is 0 Å². The van der Waals surface area contributed by atoms with Gasteiger partial charge in [0, 0.05) is 6.42 Å². The molecule has 5 nitrogen and oxygen atoms in total. The molecule has 1 aromatic rings. The summed E-state index contributed by atoms with van der Waals surface area (Å²) in [6.07, 6.45) is 0.140. The number of aliphatic hydroxyl groups is 1. The maximum atomic E-state index is 10.2. The van der Waals surface area contributed by atoms with Crippen LogP contribution in [0.3, 0.4) is 0 Å². The lowest BCUT2D eigenvalue weighted by Gasteiger charge is -2.02. The van der Waals surface area contributed by atoms with E-state index in [0.29, 0.717) is 10.2 Å². The van der Waals surface area contributed by atoms with E-state index in [1.165, 1.54) is 6.20 Å². The molecule has 0 saturated carbocycles. The molecule has 1 heterocycles. The Morgan fingerprint density at radius 3 is 2.92 bits per heavy atom. The zero-order valence-corrected chi connectivity index (χ0v) is 7.58. The number of hydrogen-bond donors (Lipinski definition) is 3. The molecule has 0 saturated heterocycles. The first kappa shape index (κ1) is 9.21. The molecule has 1 rings (SSSR count). The molecule has 1 aromatic heterocycles. The van der Waals surface area contributed by atoms with E-state index in [0.717, 1.165) is 0 Å². The highest BCUT2D eigenvalue weighted by molar-refractivity contribution is 9.10. The number of carboxylic acids is 1. The fourth-order valence-corrected chi connectivity index (χ4v) is 1.07. The van der Waals surface area contributed by atoms with Crippen LogP contribution in [-0.2, 0) is 11.2 Å². The summed E-state index contributed by atoms with van der Waals surface area (Å²) in [6, 6.07) is 0. The monoisotopic (exact) mass is 234 g/mol. The summed E-state index contributed by atoms with van der Waals surface area (Å²) in [7, 11) is 0. The first-order valence-corrected chi connectivity index (χ1v) is 3.99. The average molecular weight is 235 g/mol. The van der Waals surface area contributed by atoms with E-state index in [9.17, 15) is 4.79 Å². The van der Waals surface area contributed by atoms with Crippen molar-refractivity contribution < 1.29 is 15.0 Å². The molecule has 66 valence electrons. The van der Waals surface area contributed by atoms with Gasteiger partial charge in [0.2, 0.25) is 0 Å². The number of aliphatic carboxylic acids is 1. The van der Waals surface area contributed by atoms with Crippen molar-refractivity contribution in [3.63, 3.8) is 0 Å². The molecular weight excluding hydrogens is 228 g/mol. The van der Waals surface area contributed by atoms with Crippen molar-refractivity contribution in [1.29, 1.82) is 0 Å². The second-order valence-electron chi connectivity index (χ2n) is 2.25. The molecule has 12 heavy (non-hydrogen) atoms. The average Bonchev–Trinajstić information content (AvgIpc) is 2.36. The minimum absolute atomic E-state index is 0.0237. The highest BCUT2D eigenvalue weighted by atomic mass is 79.9. The van der Waals surface area contributed by atoms with Gasteiger partial charge in [-0.3, -0.25) is 5.10 Å². The molecule has 1 unspecified atom stereocenters. The van der Waals surface area contributed by atoms with Crippen LogP contribution in [0.25, 0.3) is 0 Å². The minimum atomic E-state index is -1.39. The Hall–Kier alpha value is -0.880. The van der Waals surface area contributed by atoms with E-state index in [-0.39, 0.29) is 6.42 Å². The zero-order valence-electron chi connectivity index (χ0n) is 5.99. The molecule has 0 aliphatic heterocycles. The highest BCUT2D eigenvalue weighted by Crippen LogP contribution is 2.14. The van der Waals surface area contributed by atoms with Gasteiger partial charge in [0.05, 0.1) is 16.4 Å².